The Morgan fingerprint density at radius 2 is 0.860 bits per heavy atom. The normalized spacial score (nSPS) is 16.6. The lowest BCUT2D eigenvalue weighted by Crippen LogP contribution is -2.42. The first-order valence-electron chi connectivity index (χ1n) is 20.1. The van der Waals surface area contributed by atoms with Gasteiger partial charge < -0.3 is 9.64 Å². The van der Waals surface area contributed by atoms with E-state index in [9.17, 15) is 0 Å². The molecule has 1 heterocycles. The van der Waals surface area contributed by atoms with Crippen LogP contribution in [0.25, 0.3) is 33.4 Å². The molecule has 57 heavy (non-hydrogen) atoms. The summed E-state index contributed by atoms with van der Waals surface area (Å²) in [6.45, 7) is 13.6. The third-order valence-electron chi connectivity index (χ3n) is 13.3. The van der Waals surface area contributed by atoms with E-state index in [1.807, 2.05) is 12.2 Å². The summed E-state index contributed by atoms with van der Waals surface area (Å²) in [5.41, 5.74) is 18.8. The quantitative estimate of drug-likeness (QED) is 0.163. The zero-order valence-electron chi connectivity index (χ0n) is 32.8. The number of hydrogen-bond acceptors (Lipinski definition) is 2. The first kappa shape index (κ1) is 33.7. The highest BCUT2D eigenvalue weighted by Crippen LogP contribution is 2.63. The Balaban J connectivity index is 1.27. The summed E-state index contributed by atoms with van der Waals surface area (Å²) >= 11 is 0. The molecule has 1 spiro atoms. The van der Waals surface area contributed by atoms with E-state index in [2.05, 4.69) is 203 Å². The predicted molar refractivity (Wildman–Crippen MR) is 235 cm³/mol. The third-order valence-corrected chi connectivity index (χ3v) is 13.3. The van der Waals surface area contributed by atoms with Crippen LogP contribution in [0.5, 0.6) is 5.75 Å². The molecule has 2 heteroatoms. The van der Waals surface area contributed by atoms with Gasteiger partial charge in [0.25, 0.3) is 0 Å². The van der Waals surface area contributed by atoms with Crippen molar-refractivity contribution in [2.24, 2.45) is 0 Å². The molecule has 2 nitrogen and oxygen atoms in total. The lowest BCUT2D eigenvalue weighted by atomic mass is 9.67. The Kier molecular flexibility index (Phi) is 7.05. The van der Waals surface area contributed by atoms with Crippen LogP contribution in [0.3, 0.4) is 0 Å². The fraction of sp³-hybridized carbons (Fsp3) is 0.127. The van der Waals surface area contributed by atoms with E-state index in [-0.39, 0.29) is 10.8 Å². The van der Waals surface area contributed by atoms with Crippen LogP contribution in [0.15, 0.2) is 194 Å². The number of allylic oxidation sites excluding steroid dienone is 4. The van der Waals surface area contributed by atoms with E-state index in [0.717, 1.165) is 34.1 Å². The molecule has 0 bridgehead atoms. The highest BCUT2D eigenvalue weighted by molar-refractivity contribution is 5.92. The van der Waals surface area contributed by atoms with E-state index in [1.165, 1.54) is 66.8 Å². The average Bonchev–Trinajstić information content (AvgIpc) is 3.76. The van der Waals surface area contributed by atoms with Gasteiger partial charge in [0.05, 0.1) is 11.1 Å². The van der Waals surface area contributed by atoms with Gasteiger partial charge in [-0.15, -0.1) is 0 Å². The number of nitrogens with zero attached hydrogens (tertiary/aromatic N) is 1. The maximum atomic E-state index is 7.16. The second-order valence-electron chi connectivity index (χ2n) is 16.9. The largest absolute Gasteiger partial charge is 0.455 e. The second-order valence-corrected chi connectivity index (χ2v) is 16.9. The Labute approximate surface area is 335 Å². The smallest absolute Gasteiger partial charge is 0.148 e. The zero-order chi connectivity index (χ0) is 38.7. The first-order valence-corrected chi connectivity index (χ1v) is 20.1. The monoisotopic (exact) mass is 733 g/mol. The lowest BCUT2D eigenvalue weighted by Gasteiger charge is -2.45. The van der Waals surface area contributed by atoms with Gasteiger partial charge in [-0.1, -0.05) is 174 Å². The zero-order valence-corrected chi connectivity index (χ0v) is 32.8. The molecule has 0 aromatic heterocycles. The summed E-state index contributed by atoms with van der Waals surface area (Å²) in [5, 5.41) is 0. The molecule has 0 fully saturated rings. The van der Waals surface area contributed by atoms with Crippen molar-refractivity contribution in [1.29, 1.82) is 0 Å². The van der Waals surface area contributed by atoms with Gasteiger partial charge in [0, 0.05) is 27.8 Å². The standard InChI is InChI=1S/C55H43NO/c1-6-7-27-51-52(55(47-26-16-17-28-50(47)57-51)45-24-14-10-20-39(45)40-21-11-15-25-46(40)55)56(35-29-31-41-37-18-8-12-22-43(37)53(2,3)48(41)33-35)36-30-32-42-38-19-9-13-23-44(38)54(4,5)49(42)34-36/h6-34H,1H2,2-5H3/b27-7-. The van der Waals surface area contributed by atoms with Gasteiger partial charge in [0.2, 0.25) is 0 Å². The number of rotatable bonds is 5. The van der Waals surface area contributed by atoms with Gasteiger partial charge in [-0.2, -0.15) is 0 Å². The van der Waals surface area contributed by atoms with Crippen molar-refractivity contribution in [2.75, 3.05) is 4.90 Å². The summed E-state index contributed by atoms with van der Waals surface area (Å²) in [6.07, 6.45) is 5.95. The van der Waals surface area contributed by atoms with E-state index >= 15 is 0 Å². The molecule has 0 N–H and O–H groups in total. The minimum Gasteiger partial charge on any atom is -0.455 e. The molecule has 1 aliphatic heterocycles. The highest BCUT2D eigenvalue weighted by atomic mass is 16.5. The van der Waals surface area contributed by atoms with E-state index in [0.29, 0.717) is 0 Å². The number of para-hydroxylation sites is 1. The average molecular weight is 734 g/mol. The molecule has 3 aliphatic carbocycles. The third kappa shape index (κ3) is 4.41. The van der Waals surface area contributed by atoms with Gasteiger partial charge in [-0.25, -0.2) is 0 Å². The molecule has 0 radical (unpaired) electrons. The first-order chi connectivity index (χ1) is 27.8. The molecule has 0 unspecified atom stereocenters. The molecule has 7 aromatic carbocycles. The molecular weight excluding hydrogens is 691 g/mol. The van der Waals surface area contributed by atoms with Crippen LogP contribution in [0.4, 0.5) is 11.4 Å². The van der Waals surface area contributed by atoms with Crippen molar-refractivity contribution in [3.8, 4) is 39.1 Å². The van der Waals surface area contributed by atoms with Gasteiger partial charge in [-0.05, 0) is 103 Å². The van der Waals surface area contributed by atoms with Crippen LogP contribution in [0.1, 0.15) is 66.6 Å². The van der Waals surface area contributed by atoms with Gasteiger partial charge in [0.15, 0.2) is 0 Å². The molecule has 4 aliphatic rings. The summed E-state index contributed by atoms with van der Waals surface area (Å²) in [4.78, 5) is 2.52. The van der Waals surface area contributed by atoms with Crippen LogP contribution in [-0.2, 0) is 16.2 Å². The maximum absolute atomic E-state index is 7.16. The van der Waals surface area contributed by atoms with Crippen LogP contribution in [0, 0.1) is 0 Å². The van der Waals surface area contributed by atoms with Crippen molar-refractivity contribution in [3.63, 3.8) is 0 Å². The second kappa shape index (κ2) is 11.9. The van der Waals surface area contributed by atoms with Crippen LogP contribution in [-0.4, -0.2) is 0 Å². The minimum atomic E-state index is -0.724. The van der Waals surface area contributed by atoms with Gasteiger partial charge >= 0.3 is 0 Å². The Hall–Kier alpha value is -6.64. The number of anilines is 2. The number of hydrogen-bond donors (Lipinski definition) is 0. The number of fused-ring (bicyclic) bond motifs is 13. The van der Waals surface area contributed by atoms with Crippen LogP contribution in [0.2, 0.25) is 0 Å². The van der Waals surface area contributed by atoms with Crippen LogP contribution >= 0.6 is 0 Å². The Morgan fingerprint density at radius 3 is 1.35 bits per heavy atom. The summed E-state index contributed by atoms with van der Waals surface area (Å²) < 4.78 is 7.16. The molecule has 0 saturated carbocycles. The summed E-state index contributed by atoms with van der Waals surface area (Å²) in [5.74, 6) is 1.64. The molecule has 7 aromatic rings. The van der Waals surface area contributed by atoms with Gasteiger partial charge in [0.1, 0.15) is 11.5 Å². The van der Waals surface area contributed by atoms with E-state index < -0.39 is 5.41 Å². The van der Waals surface area contributed by atoms with Crippen LogP contribution < -0.4 is 9.64 Å². The van der Waals surface area contributed by atoms with E-state index in [1.54, 1.807) is 0 Å². The maximum Gasteiger partial charge on any atom is 0.148 e. The van der Waals surface area contributed by atoms with Crippen molar-refractivity contribution < 1.29 is 4.74 Å². The van der Waals surface area contributed by atoms with Crippen molar-refractivity contribution in [1.82, 2.24) is 0 Å². The Bertz CT molecular complexity index is 2770. The fourth-order valence-electron chi connectivity index (χ4n) is 10.7. The molecule has 0 amide bonds. The lowest BCUT2D eigenvalue weighted by molar-refractivity contribution is 0.396. The molecule has 274 valence electrons. The van der Waals surface area contributed by atoms with Crippen molar-refractivity contribution >= 4 is 11.4 Å². The SMILES string of the molecule is C=C/C=C\C1=C(N(c2ccc3c(c2)C(C)(C)c2ccccc2-3)c2ccc3c(c2)C(C)(C)c2ccccc2-3)C2(c3ccccc3O1)c1ccccc1-c1ccccc12. The Morgan fingerprint density at radius 1 is 0.456 bits per heavy atom. The van der Waals surface area contributed by atoms with E-state index in [4.69, 9.17) is 4.74 Å². The fourth-order valence-corrected chi connectivity index (χ4v) is 10.7. The topological polar surface area (TPSA) is 12.5 Å². The molecule has 0 saturated heterocycles. The van der Waals surface area contributed by atoms with Crippen molar-refractivity contribution in [2.45, 2.75) is 43.9 Å². The summed E-state index contributed by atoms with van der Waals surface area (Å²) in [7, 11) is 0. The van der Waals surface area contributed by atoms with Gasteiger partial charge in [-0.3, -0.25) is 0 Å². The number of benzene rings is 7. The minimum absolute atomic E-state index is 0.185. The molecule has 0 atom stereocenters. The predicted octanol–water partition coefficient (Wildman–Crippen LogP) is 13.8. The molecule has 11 rings (SSSR count). The molecular formula is C55H43NO. The summed E-state index contributed by atoms with van der Waals surface area (Å²) in [6, 6.07) is 58.6. The number of ether oxygens (including phenoxy) is 1. The highest BCUT2D eigenvalue weighted by Gasteiger charge is 2.55. The van der Waals surface area contributed by atoms with Crippen molar-refractivity contribution in [3.05, 3.63) is 233 Å².